The van der Waals surface area contributed by atoms with Crippen molar-refractivity contribution in [2.45, 2.75) is 32.8 Å². The molecule has 0 aliphatic carbocycles. The van der Waals surface area contributed by atoms with Gasteiger partial charge < -0.3 is 9.84 Å². The third-order valence-electron chi connectivity index (χ3n) is 1.56. The van der Waals surface area contributed by atoms with E-state index in [1.165, 1.54) is 6.42 Å². The number of rotatable bonds is 7. The summed E-state index contributed by atoms with van der Waals surface area (Å²) in [5.74, 6) is 0.745. The summed E-state index contributed by atoms with van der Waals surface area (Å²) in [4.78, 5) is 0. The highest BCUT2D eigenvalue weighted by molar-refractivity contribution is 9.09. The van der Waals surface area contributed by atoms with E-state index < -0.39 is 0 Å². The fraction of sp³-hybridized carbons (Fsp3) is 1.00. The maximum atomic E-state index is 9.09. The molecule has 0 aromatic heterocycles. The van der Waals surface area contributed by atoms with Gasteiger partial charge in [0.05, 0.1) is 12.7 Å². The standard InChI is InChI=1S/C9H19BrO2/c1-8(2)4-3-5-12-7-9(11)6-10/h8-9,11H,3-7H2,1-2H3. The lowest BCUT2D eigenvalue weighted by Crippen LogP contribution is -2.16. The molecule has 1 atom stereocenters. The zero-order valence-corrected chi connectivity index (χ0v) is 9.51. The topological polar surface area (TPSA) is 29.5 Å². The highest BCUT2D eigenvalue weighted by Gasteiger charge is 2.00. The van der Waals surface area contributed by atoms with Gasteiger partial charge in [0, 0.05) is 11.9 Å². The maximum absolute atomic E-state index is 9.09. The predicted molar refractivity (Wildman–Crippen MR) is 54.7 cm³/mol. The molecule has 0 aliphatic rings. The van der Waals surface area contributed by atoms with Gasteiger partial charge in [-0.3, -0.25) is 0 Å². The van der Waals surface area contributed by atoms with Crippen LogP contribution in [-0.2, 0) is 4.74 Å². The smallest absolute Gasteiger partial charge is 0.0870 e. The average Bonchev–Trinajstić information content (AvgIpc) is 2.03. The van der Waals surface area contributed by atoms with Gasteiger partial charge in [0.25, 0.3) is 0 Å². The van der Waals surface area contributed by atoms with E-state index in [2.05, 4.69) is 29.8 Å². The molecule has 0 saturated carbocycles. The highest BCUT2D eigenvalue weighted by atomic mass is 79.9. The Kier molecular flexibility index (Phi) is 8.29. The van der Waals surface area contributed by atoms with Crippen LogP contribution in [0.3, 0.4) is 0 Å². The third kappa shape index (κ3) is 8.50. The number of hydrogen-bond donors (Lipinski definition) is 1. The van der Waals surface area contributed by atoms with Crippen molar-refractivity contribution in [1.29, 1.82) is 0 Å². The van der Waals surface area contributed by atoms with Gasteiger partial charge in [-0.15, -0.1) is 0 Å². The molecule has 0 heterocycles. The Morgan fingerprint density at radius 3 is 2.58 bits per heavy atom. The maximum Gasteiger partial charge on any atom is 0.0870 e. The fourth-order valence-electron chi connectivity index (χ4n) is 0.858. The molecular weight excluding hydrogens is 220 g/mol. The minimum absolute atomic E-state index is 0.357. The number of ether oxygens (including phenoxy) is 1. The van der Waals surface area contributed by atoms with Crippen LogP contribution in [0.15, 0.2) is 0 Å². The summed E-state index contributed by atoms with van der Waals surface area (Å²) in [6, 6.07) is 0. The van der Waals surface area contributed by atoms with Crippen LogP contribution in [0.2, 0.25) is 0 Å². The average molecular weight is 239 g/mol. The molecule has 74 valence electrons. The molecule has 0 saturated heterocycles. The Hall–Kier alpha value is 0.400. The summed E-state index contributed by atoms with van der Waals surface area (Å²) in [5, 5.41) is 9.69. The number of alkyl halides is 1. The van der Waals surface area contributed by atoms with Gasteiger partial charge in [0.1, 0.15) is 0 Å². The molecule has 1 unspecified atom stereocenters. The van der Waals surface area contributed by atoms with Crippen molar-refractivity contribution in [1.82, 2.24) is 0 Å². The molecular formula is C9H19BrO2. The van der Waals surface area contributed by atoms with Crippen LogP contribution in [0, 0.1) is 5.92 Å². The summed E-state index contributed by atoms with van der Waals surface area (Å²) in [5.41, 5.74) is 0. The molecule has 0 spiro atoms. The van der Waals surface area contributed by atoms with Crippen LogP contribution in [0.4, 0.5) is 0 Å². The zero-order valence-electron chi connectivity index (χ0n) is 7.92. The molecule has 2 nitrogen and oxygen atoms in total. The Bertz CT molecular complexity index is 96.5. The fourth-order valence-corrected chi connectivity index (χ4v) is 1.04. The van der Waals surface area contributed by atoms with Gasteiger partial charge in [0.15, 0.2) is 0 Å². The van der Waals surface area contributed by atoms with E-state index in [1.54, 1.807) is 0 Å². The van der Waals surface area contributed by atoms with Crippen molar-refractivity contribution < 1.29 is 9.84 Å². The second kappa shape index (κ2) is 8.02. The van der Waals surface area contributed by atoms with E-state index in [0.717, 1.165) is 18.9 Å². The van der Waals surface area contributed by atoms with E-state index in [0.29, 0.717) is 11.9 Å². The second-order valence-corrected chi connectivity index (χ2v) is 4.07. The van der Waals surface area contributed by atoms with E-state index >= 15 is 0 Å². The second-order valence-electron chi connectivity index (χ2n) is 3.42. The molecule has 0 radical (unpaired) electrons. The van der Waals surface area contributed by atoms with E-state index in [-0.39, 0.29) is 6.10 Å². The normalized spacial score (nSPS) is 13.8. The summed E-state index contributed by atoms with van der Waals surface area (Å²) in [6.07, 6.45) is 1.93. The first-order valence-corrected chi connectivity index (χ1v) is 5.60. The third-order valence-corrected chi connectivity index (χ3v) is 2.31. The SMILES string of the molecule is CC(C)CCCOCC(O)CBr. The van der Waals surface area contributed by atoms with Crippen molar-refractivity contribution in [3.63, 3.8) is 0 Å². The van der Waals surface area contributed by atoms with Crippen molar-refractivity contribution in [3.05, 3.63) is 0 Å². The van der Waals surface area contributed by atoms with Crippen LogP contribution >= 0.6 is 15.9 Å². The van der Waals surface area contributed by atoms with Crippen LogP contribution in [0.5, 0.6) is 0 Å². The molecule has 0 amide bonds. The number of halogens is 1. The van der Waals surface area contributed by atoms with Crippen molar-refractivity contribution in [3.8, 4) is 0 Å². The van der Waals surface area contributed by atoms with Crippen LogP contribution in [0.1, 0.15) is 26.7 Å². The lowest BCUT2D eigenvalue weighted by molar-refractivity contribution is 0.0466. The van der Waals surface area contributed by atoms with Crippen molar-refractivity contribution in [2.24, 2.45) is 5.92 Å². The van der Waals surface area contributed by atoms with E-state index in [1.807, 2.05) is 0 Å². The van der Waals surface area contributed by atoms with Gasteiger partial charge in [-0.05, 0) is 18.8 Å². The Morgan fingerprint density at radius 2 is 2.08 bits per heavy atom. The zero-order chi connectivity index (χ0) is 9.40. The first kappa shape index (κ1) is 12.4. The van der Waals surface area contributed by atoms with E-state index in [4.69, 9.17) is 9.84 Å². The first-order valence-electron chi connectivity index (χ1n) is 4.48. The molecule has 0 bridgehead atoms. The monoisotopic (exact) mass is 238 g/mol. The minimum Gasteiger partial charge on any atom is -0.390 e. The molecule has 0 rings (SSSR count). The van der Waals surface area contributed by atoms with Crippen molar-refractivity contribution in [2.75, 3.05) is 18.5 Å². The van der Waals surface area contributed by atoms with Crippen LogP contribution in [-0.4, -0.2) is 29.8 Å². The Labute approximate surface area is 83.4 Å². The number of hydrogen-bond acceptors (Lipinski definition) is 2. The molecule has 1 N–H and O–H groups in total. The van der Waals surface area contributed by atoms with Crippen molar-refractivity contribution >= 4 is 15.9 Å². The molecule has 12 heavy (non-hydrogen) atoms. The molecule has 0 aliphatic heterocycles. The lowest BCUT2D eigenvalue weighted by atomic mass is 10.1. The summed E-state index contributed by atoms with van der Waals surface area (Å²) >= 11 is 3.18. The molecule has 0 fully saturated rings. The first-order chi connectivity index (χ1) is 5.66. The summed E-state index contributed by atoms with van der Waals surface area (Å²) in [7, 11) is 0. The lowest BCUT2D eigenvalue weighted by Gasteiger charge is -2.08. The van der Waals surface area contributed by atoms with E-state index in [9.17, 15) is 0 Å². The highest BCUT2D eigenvalue weighted by Crippen LogP contribution is 2.03. The number of aliphatic hydroxyl groups excluding tert-OH is 1. The largest absolute Gasteiger partial charge is 0.390 e. The van der Waals surface area contributed by atoms with Crippen LogP contribution < -0.4 is 0 Å². The number of aliphatic hydroxyl groups is 1. The van der Waals surface area contributed by atoms with Gasteiger partial charge in [-0.25, -0.2) is 0 Å². The van der Waals surface area contributed by atoms with Gasteiger partial charge in [-0.2, -0.15) is 0 Å². The molecule has 0 aromatic carbocycles. The predicted octanol–water partition coefficient (Wildman–Crippen LogP) is 2.20. The molecule has 0 aromatic rings. The summed E-state index contributed by atoms with van der Waals surface area (Å²) < 4.78 is 5.26. The van der Waals surface area contributed by atoms with Gasteiger partial charge >= 0.3 is 0 Å². The Morgan fingerprint density at radius 1 is 1.42 bits per heavy atom. The van der Waals surface area contributed by atoms with Crippen LogP contribution in [0.25, 0.3) is 0 Å². The van der Waals surface area contributed by atoms with Gasteiger partial charge in [0.2, 0.25) is 0 Å². The Balaban J connectivity index is 3.00. The summed E-state index contributed by atoms with van der Waals surface area (Å²) in [6.45, 7) is 5.62. The quantitative estimate of drug-likeness (QED) is 0.545. The molecule has 3 heteroatoms. The minimum atomic E-state index is -0.357. The van der Waals surface area contributed by atoms with Gasteiger partial charge in [-0.1, -0.05) is 29.8 Å².